The van der Waals surface area contributed by atoms with Gasteiger partial charge in [-0.2, -0.15) is 0 Å². The van der Waals surface area contributed by atoms with E-state index in [1.54, 1.807) is 6.08 Å². The van der Waals surface area contributed by atoms with E-state index in [9.17, 15) is 14.9 Å². The van der Waals surface area contributed by atoms with Crippen LogP contribution in [0.15, 0.2) is 79.1 Å². The smallest absolute Gasteiger partial charge is 0.310 e. The van der Waals surface area contributed by atoms with Crippen LogP contribution in [-0.2, 0) is 11.4 Å². The first-order valence-electron chi connectivity index (χ1n) is 8.46. The molecule has 0 fully saturated rings. The first kappa shape index (κ1) is 18.8. The fourth-order valence-electron chi connectivity index (χ4n) is 2.40. The van der Waals surface area contributed by atoms with E-state index in [0.29, 0.717) is 6.61 Å². The third-order valence-corrected chi connectivity index (χ3v) is 3.81. The van der Waals surface area contributed by atoms with Gasteiger partial charge in [0, 0.05) is 12.3 Å². The second kappa shape index (κ2) is 9.09. The van der Waals surface area contributed by atoms with Gasteiger partial charge in [0.05, 0.1) is 4.92 Å². The lowest BCUT2D eigenvalue weighted by Crippen LogP contribution is -2.09. The molecule has 1 heterocycles. The molecule has 0 aliphatic rings. The number of hydrogen-bond acceptors (Lipinski definition) is 5. The van der Waals surface area contributed by atoms with Gasteiger partial charge in [-0.3, -0.25) is 19.9 Å². The van der Waals surface area contributed by atoms with Crippen molar-refractivity contribution in [2.75, 3.05) is 5.32 Å². The number of pyridine rings is 1. The van der Waals surface area contributed by atoms with Crippen molar-refractivity contribution in [1.29, 1.82) is 0 Å². The van der Waals surface area contributed by atoms with Crippen molar-refractivity contribution in [2.24, 2.45) is 0 Å². The molecular weight excluding hydrogens is 358 g/mol. The Hall–Kier alpha value is -4.00. The van der Waals surface area contributed by atoms with Crippen molar-refractivity contribution in [3.63, 3.8) is 0 Å². The summed E-state index contributed by atoms with van der Waals surface area (Å²) in [7, 11) is 0. The van der Waals surface area contributed by atoms with Gasteiger partial charge < -0.3 is 10.1 Å². The summed E-state index contributed by atoms with van der Waals surface area (Å²) in [5, 5.41) is 13.4. The second-order valence-electron chi connectivity index (χ2n) is 5.82. The molecule has 0 spiro atoms. The quantitative estimate of drug-likeness (QED) is 0.379. The monoisotopic (exact) mass is 375 g/mol. The van der Waals surface area contributed by atoms with Crippen molar-refractivity contribution in [3.8, 4) is 5.75 Å². The molecule has 0 unspecified atom stereocenters. The number of aromatic nitrogens is 1. The van der Waals surface area contributed by atoms with Gasteiger partial charge in [0.15, 0.2) is 0 Å². The van der Waals surface area contributed by atoms with Crippen molar-refractivity contribution in [3.05, 3.63) is 100 Å². The fourth-order valence-corrected chi connectivity index (χ4v) is 2.40. The first-order valence-corrected chi connectivity index (χ1v) is 8.46. The molecule has 7 heteroatoms. The van der Waals surface area contributed by atoms with E-state index in [0.717, 1.165) is 23.1 Å². The predicted octanol–water partition coefficient (Wildman–Crippen LogP) is 4.22. The third-order valence-electron chi connectivity index (χ3n) is 3.81. The van der Waals surface area contributed by atoms with E-state index in [1.807, 2.05) is 54.6 Å². The van der Waals surface area contributed by atoms with Crippen molar-refractivity contribution in [2.45, 2.75) is 6.61 Å². The third kappa shape index (κ3) is 5.25. The number of carbonyl (C=O) groups is 1. The van der Waals surface area contributed by atoms with Crippen LogP contribution in [-0.4, -0.2) is 15.8 Å². The van der Waals surface area contributed by atoms with Crippen LogP contribution in [0.4, 0.5) is 11.4 Å². The van der Waals surface area contributed by atoms with Gasteiger partial charge in [0.1, 0.15) is 24.2 Å². The summed E-state index contributed by atoms with van der Waals surface area (Å²) < 4.78 is 5.71. The zero-order valence-electron chi connectivity index (χ0n) is 14.8. The first-order chi connectivity index (χ1) is 13.6. The highest BCUT2D eigenvalue weighted by Gasteiger charge is 2.14. The van der Waals surface area contributed by atoms with Crippen molar-refractivity contribution < 1.29 is 14.5 Å². The molecule has 0 atom stereocenters. The molecule has 0 bridgehead atoms. The summed E-state index contributed by atoms with van der Waals surface area (Å²) in [6.45, 7) is 0.475. The Morgan fingerprint density at radius 3 is 2.57 bits per heavy atom. The maximum Gasteiger partial charge on any atom is 0.310 e. The maximum absolute atomic E-state index is 12.0. The average Bonchev–Trinajstić information content (AvgIpc) is 2.72. The number of ether oxygens (including phenoxy) is 1. The topological polar surface area (TPSA) is 94.4 Å². The van der Waals surface area contributed by atoms with Gasteiger partial charge in [0.2, 0.25) is 5.91 Å². The number of nitro groups is 1. The highest BCUT2D eigenvalue weighted by atomic mass is 16.6. The Morgan fingerprint density at radius 2 is 1.86 bits per heavy atom. The number of nitrogens with zero attached hydrogens (tertiary/aromatic N) is 2. The van der Waals surface area contributed by atoms with Crippen LogP contribution < -0.4 is 10.1 Å². The number of nitrogens with one attached hydrogen (secondary N) is 1. The number of benzene rings is 2. The lowest BCUT2D eigenvalue weighted by molar-refractivity contribution is -0.384. The minimum atomic E-state index is -0.597. The molecule has 0 saturated carbocycles. The summed E-state index contributed by atoms with van der Waals surface area (Å²) in [4.78, 5) is 26.1. The summed E-state index contributed by atoms with van der Waals surface area (Å²) in [5.41, 5.74) is 1.71. The molecule has 140 valence electrons. The Labute approximate surface area is 161 Å². The van der Waals surface area contributed by atoms with Crippen LogP contribution in [0.1, 0.15) is 11.1 Å². The number of rotatable bonds is 7. The Morgan fingerprint density at radius 1 is 1.11 bits per heavy atom. The predicted molar refractivity (Wildman–Crippen MR) is 106 cm³/mol. The molecule has 7 nitrogen and oxygen atoms in total. The maximum atomic E-state index is 12.0. The SMILES string of the molecule is O=C(/C=C/c1ccc(OCc2ccccc2)cc1)Nc1ccncc1[N+](=O)[O-]. The van der Waals surface area contributed by atoms with Crippen LogP contribution in [0.2, 0.25) is 0 Å². The fraction of sp³-hybridized carbons (Fsp3) is 0.0476. The van der Waals surface area contributed by atoms with Gasteiger partial charge in [-0.25, -0.2) is 0 Å². The average molecular weight is 375 g/mol. The Bertz CT molecular complexity index is 986. The minimum absolute atomic E-state index is 0.0966. The van der Waals surface area contributed by atoms with Crippen molar-refractivity contribution >= 4 is 23.4 Å². The van der Waals surface area contributed by atoms with Gasteiger partial charge in [-0.05, 0) is 35.4 Å². The van der Waals surface area contributed by atoms with E-state index < -0.39 is 10.8 Å². The van der Waals surface area contributed by atoms with Gasteiger partial charge >= 0.3 is 5.69 Å². The molecule has 2 aromatic carbocycles. The summed E-state index contributed by atoms with van der Waals surface area (Å²) in [6, 6.07) is 18.5. The lowest BCUT2D eigenvalue weighted by atomic mass is 10.2. The highest BCUT2D eigenvalue weighted by molar-refractivity contribution is 6.03. The van der Waals surface area contributed by atoms with Crippen LogP contribution in [0.3, 0.4) is 0 Å². The molecule has 3 rings (SSSR count). The molecular formula is C21H17N3O4. The molecule has 3 aromatic rings. The molecule has 0 radical (unpaired) electrons. The van der Waals surface area contributed by atoms with E-state index in [1.165, 1.54) is 18.3 Å². The van der Waals surface area contributed by atoms with Gasteiger partial charge in [-0.15, -0.1) is 0 Å². The molecule has 0 saturated heterocycles. The molecule has 1 N–H and O–H groups in total. The normalized spacial score (nSPS) is 10.6. The molecule has 1 aromatic heterocycles. The second-order valence-corrected chi connectivity index (χ2v) is 5.82. The van der Waals surface area contributed by atoms with Crippen LogP contribution in [0.5, 0.6) is 5.75 Å². The molecule has 1 amide bonds. The molecule has 0 aliphatic heterocycles. The Balaban J connectivity index is 1.57. The number of hydrogen-bond donors (Lipinski definition) is 1. The standard InChI is InChI=1S/C21H17N3O4/c25-21(23-19-12-13-22-14-20(19)24(26)27)11-8-16-6-9-18(10-7-16)28-15-17-4-2-1-3-5-17/h1-14H,15H2,(H,22,23,25)/b11-8+. The van der Waals surface area contributed by atoms with Gasteiger partial charge in [-0.1, -0.05) is 42.5 Å². The Kier molecular flexibility index (Phi) is 6.10. The zero-order valence-corrected chi connectivity index (χ0v) is 14.8. The summed E-state index contributed by atoms with van der Waals surface area (Å²) >= 11 is 0. The number of amides is 1. The van der Waals surface area contributed by atoms with Crippen LogP contribution >= 0.6 is 0 Å². The summed E-state index contributed by atoms with van der Waals surface area (Å²) in [5.74, 6) is 0.247. The van der Waals surface area contributed by atoms with E-state index in [-0.39, 0.29) is 11.4 Å². The largest absolute Gasteiger partial charge is 0.489 e. The summed E-state index contributed by atoms with van der Waals surface area (Å²) in [6.07, 6.45) is 5.39. The minimum Gasteiger partial charge on any atom is -0.489 e. The van der Waals surface area contributed by atoms with E-state index in [2.05, 4.69) is 10.3 Å². The molecule has 0 aliphatic carbocycles. The van der Waals surface area contributed by atoms with Crippen LogP contribution in [0, 0.1) is 10.1 Å². The number of carbonyl (C=O) groups excluding carboxylic acids is 1. The lowest BCUT2D eigenvalue weighted by Gasteiger charge is -2.06. The van der Waals surface area contributed by atoms with E-state index in [4.69, 9.17) is 4.74 Å². The van der Waals surface area contributed by atoms with Gasteiger partial charge in [0.25, 0.3) is 0 Å². The van der Waals surface area contributed by atoms with E-state index >= 15 is 0 Å². The highest BCUT2D eigenvalue weighted by Crippen LogP contribution is 2.22. The van der Waals surface area contributed by atoms with Crippen molar-refractivity contribution in [1.82, 2.24) is 4.98 Å². The zero-order chi connectivity index (χ0) is 19.8. The van der Waals surface area contributed by atoms with Crippen LogP contribution in [0.25, 0.3) is 6.08 Å². The number of anilines is 1. The molecule has 28 heavy (non-hydrogen) atoms.